The molecule has 0 unspecified atom stereocenters. The number of carboxylic acid groups (broad SMARTS) is 1. The predicted molar refractivity (Wildman–Crippen MR) is 68.0 cm³/mol. The number of carboxylic acids is 1. The molecule has 0 aromatic heterocycles. The number of likely N-dealkylation sites (N-methyl/N-ethyl adjacent to an activating group) is 1. The van der Waals surface area contributed by atoms with Gasteiger partial charge in [0.25, 0.3) is 0 Å². The van der Waals surface area contributed by atoms with Crippen LogP contribution in [0.1, 0.15) is 12.8 Å². The van der Waals surface area contributed by atoms with E-state index in [1.807, 2.05) is 0 Å². The van der Waals surface area contributed by atoms with Crippen molar-refractivity contribution in [3.8, 4) is 0 Å². The molecule has 1 heterocycles. The van der Waals surface area contributed by atoms with Gasteiger partial charge >= 0.3 is 12.0 Å². The van der Waals surface area contributed by atoms with Crippen LogP contribution in [0.2, 0.25) is 0 Å². The van der Waals surface area contributed by atoms with Gasteiger partial charge in [-0.15, -0.1) is 0 Å². The number of hydrogen-bond donors (Lipinski definition) is 2. The molecule has 0 aliphatic carbocycles. The van der Waals surface area contributed by atoms with E-state index in [2.05, 4.69) is 5.32 Å². The number of nitrogens with one attached hydrogen (secondary N) is 1. The monoisotopic (exact) mass is 274 g/mol. The minimum Gasteiger partial charge on any atom is -0.481 e. The fourth-order valence-corrected chi connectivity index (χ4v) is 1.94. The van der Waals surface area contributed by atoms with Crippen molar-refractivity contribution in [3.63, 3.8) is 0 Å². The Bertz CT molecular complexity index is 315. The highest BCUT2D eigenvalue weighted by atomic mass is 16.5. The molecular weight excluding hydrogens is 252 g/mol. The third-order valence-corrected chi connectivity index (χ3v) is 3.46. The number of urea groups is 1. The first-order valence-electron chi connectivity index (χ1n) is 6.31. The Morgan fingerprint density at radius 2 is 2.05 bits per heavy atom. The molecule has 2 amide bonds. The molecule has 19 heavy (non-hydrogen) atoms. The van der Waals surface area contributed by atoms with Crippen LogP contribution in [0.25, 0.3) is 0 Å². The second-order valence-corrected chi connectivity index (χ2v) is 4.77. The Balaban J connectivity index is 2.48. The number of methoxy groups -OCH3 is 1. The number of nitrogens with zero attached hydrogens (tertiary/aromatic N) is 1. The normalized spacial score (nSPS) is 17.8. The maximum absolute atomic E-state index is 11.8. The number of aliphatic carboxylic acids is 1. The molecule has 1 aliphatic rings. The van der Waals surface area contributed by atoms with Gasteiger partial charge in [-0.2, -0.15) is 0 Å². The smallest absolute Gasteiger partial charge is 0.317 e. The minimum atomic E-state index is -0.907. The van der Waals surface area contributed by atoms with E-state index in [0.29, 0.717) is 39.2 Å². The number of carbonyl (C=O) groups is 2. The molecule has 1 aliphatic heterocycles. The summed E-state index contributed by atoms with van der Waals surface area (Å²) in [4.78, 5) is 24.7. The van der Waals surface area contributed by atoms with Crippen molar-refractivity contribution in [1.82, 2.24) is 10.2 Å². The highest BCUT2D eigenvalue weighted by Gasteiger charge is 2.40. The van der Waals surface area contributed by atoms with Gasteiger partial charge in [0, 0.05) is 40.5 Å². The Kier molecular flexibility index (Phi) is 6.04. The summed E-state index contributed by atoms with van der Waals surface area (Å²) >= 11 is 0. The van der Waals surface area contributed by atoms with Crippen LogP contribution < -0.4 is 5.32 Å². The molecule has 0 spiro atoms. The van der Waals surface area contributed by atoms with Crippen molar-refractivity contribution in [2.24, 2.45) is 5.41 Å². The van der Waals surface area contributed by atoms with Gasteiger partial charge in [-0.3, -0.25) is 4.79 Å². The molecule has 1 rings (SSSR count). The van der Waals surface area contributed by atoms with Gasteiger partial charge in [0.1, 0.15) is 0 Å². The van der Waals surface area contributed by atoms with Crippen molar-refractivity contribution in [3.05, 3.63) is 0 Å². The quantitative estimate of drug-likeness (QED) is 0.720. The Hall–Kier alpha value is -1.34. The molecule has 2 N–H and O–H groups in total. The lowest BCUT2D eigenvalue weighted by Gasteiger charge is -2.33. The number of rotatable bonds is 6. The molecule has 1 saturated heterocycles. The first-order valence-corrected chi connectivity index (χ1v) is 6.31. The summed E-state index contributed by atoms with van der Waals surface area (Å²) in [6.45, 7) is 1.87. The summed E-state index contributed by atoms with van der Waals surface area (Å²) in [5.41, 5.74) is -0.907. The van der Waals surface area contributed by atoms with E-state index >= 15 is 0 Å². The zero-order chi connectivity index (χ0) is 14.3. The lowest BCUT2D eigenvalue weighted by molar-refractivity contribution is -0.154. The van der Waals surface area contributed by atoms with Crippen LogP contribution in [0.5, 0.6) is 0 Å². The standard InChI is InChI=1S/C12H22N2O5/c1-14(5-8-18-2)11(17)13-9-12(10(15)16)3-6-19-7-4-12/h3-9H2,1-2H3,(H,13,17)(H,15,16). The lowest BCUT2D eigenvalue weighted by atomic mass is 9.80. The van der Waals surface area contributed by atoms with Crippen molar-refractivity contribution in [1.29, 1.82) is 0 Å². The fraction of sp³-hybridized carbons (Fsp3) is 0.833. The van der Waals surface area contributed by atoms with E-state index in [1.165, 1.54) is 4.90 Å². The molecule has 0 radical (unpaired) electrons. The zero-order valence-electron chi connectivity index (χ0n) is 11.5. The van der Waals surface area contributed by atoms with Crippen LogP contribution in [-0.2, 0) is 14.3 Å². The molecule has 0 aromatic rings. The van der Waals surface area contributed by atoms with Gasteiger partial charge in [-0.05, 0) is 12.8 Å². The van der Waals surface area contributed by atoms with E-state index < -0.39 is 11.4 Å². The second-order valence-electron chi connectivity index (χ2n) is 4.77. The Labute approximate surface area is 112 Å². The molecular formula is C12H22N2O5. The number of hydrogen-bond acceptors (Lipinski definition) is 4. The Morgan fingerprint density at radius 3 is 2.58 bits per heavy atom. The summed E-state index contributed by atoms with van der Waals surface area (Å²) in [5.74, 6) is -0.879. The van der Waals surface area contributed by atoms with Crippen LogP contribution in [0.3, 0.4) is 0 Å². The van der Waals surface area contributed by atoms with Gasteiger partial charge < -0.3 is 24.8 Å². The Morgan fingerprint density at radius 1 is 1.42 bits per heavy atom. The molecule has 110 valence electrons. The first-order chi connectivity index (χ1) is 9.02. The van der Waals surface area contributed by atoms with E-state index in [-0.39, 0.29) is 12.6 Å². The highest BCUT2D eigenvalue weighted by molar-refractivity contribution is 5.78. The summed E-state index contributed by atoms with van der Waals surface area (Å²) in [6, 6.07) is -0.288. The minimum absolute atomic E-state index is 0.127. The number of amides is 2. The number of ether oxygens (including phenoxy) is 2. The van der Waals surface area contributed by atoms with Gasteiger partial charge in [0.05, 0.1) is 12.0 Å². The SMILES string of the molecule is COCCN(C)C(=O)NCC1(C(=O)O)CCOCC1. The van der Waals surface area contributed by atoms with E-state index in [9.17, 15) is 14.7 Å². The molecule has 0 aromatic carbocycles. The van der Waals surface area contributed by atoms with E-state index in [0.717, 1.165) is 0 Å². The summed E-state index contributed by atoms with van der Waals surface area (Å²) < 4.78 is 10.1. The van der Waals surface area contributed by atoms with Crippen molar-refractivity contribution in [2.45, 2.75) is 12.8 Å². The van der Waals surface area contributed by atoms with Crippen LogP contribution in [0.15, 0.2) is 0 Å². The third kappa shape index (κ3) is 4.36. The van der Waals surface area contributed by atoms with Crippen molar-refractivity contribution in [2.75, 3.05) is 47.1 Å². The first kappa shape index (κ1) is 15.7. The molecule has 0 atom stereocenters. The average molecular weight is 274 g/mol. The second kappa shape index (κ2) is 7.30. The molecule has 1 fully saturated rings. The van der Waals surface area contributed by atoms with Gasteiger partial charge in [0.15, 0.2) is 0 Å². The number of carbonyl (C=O) groups excluding carboxylic acids is 1. The topological polar surface area (TPSA) is 88.1 Å². The fourth-order valence-electron chi connectivity index (χ4n) is 1.94. The maximum Gasteiger partial charge on any atom is 0.317 e. The van der Waals surface area contributed by atoms with Crippen LogP contribution in [0.4, 0.5) is 4.79 Å². The average Bonchev–Trinajstić information content (AvgIpc) is 2.42. The zero-order valence-corrected chi connectivity index (χ0v) is 11.5. The van der Waals surface area contributed by atoms with Crippen molar-refractivity contribution >= 4 is 12.0 Å². The van der Waals surface area contributed by atoms with E-state index in [1.54, 1.807) is 14.2 Å². The molecule has 7 heteroatoms. The summed E-state index contributed by atoms with van der Waals surface area (Å²) in [6.07, 6.45) is 0.842. The molecule has 0 saturated carbocycles. The third-order valence-electron chi connectivity index (χ3n) is 3.46. The van der Waals surface area contributed by atoms with Gasteiger partial charge in [-0.25, -0.2) is 4.79 Å². The molecule has 7 nitrogen and oxygen atoms in total. The van der Waals surface area contributed by atoms with Crippen LogP contribution in [-0.4, -0.2) is 69.1 Å². The van der Waals surface area contributed by atoms with Crippen LogP contribution in [0, 0.1) is 5.41 Å². The largest absolute Gasteiger partial charge is 0.481 e. The maximum atomic E-state index is 11.8. The van der Waals surface area contributed by atoms with Gasteiger partial charge in [0.2, 0.25) is 0 Å². The van der Waals surface area contributed by atoms with Crippen LogP contribution >= 0.6 is 0 Å². The predicted octanol–water partition coefficient (Wildman–Crippen LogP) is 0.156. The summed E-state index contributed by atoms with van der Waals surface area (Å²) in [5, 5.41) is 12.0. The highest BCUT2D eigenvalue weighted by Crippen LogP contribution is 2.30. The summed E-state index contributed by atoms with van der Waals surface area (Å²) in [7, 11) is 3.21. The lowest BCUT2D eigenvalue weighted by Crippen LogP contribution is -2.49. The molecule has 0 bridgehead atoms. The van der Waals surface area contributed by atoms with E-state index in [4.69, 9.17) is 9.47 Å². The van der Waals surface area contributed by atoms with Gasteiger partial charge in [-0.1, -0.05) is 0 Å². The van der Waals surface area contributed by atoms with Crippen molar-refractivity contribution < 1.29 is 24.2 Å².